The fourth-order valence-electron chi connectivity index (χ4n) is 2.65. The van der Waals surface area contributed by atoms with Gasteiger partial charge in [-0.1, -0.05) is 19.4 Å². The van der Waals surface area contributed by atoms with Gasteiger partial charge in [-0.3, -0.25) is 4.79 Å². The zero-order chi connectivity index (χ0) is 17.1. The number of rotatable bonds is 6. The Balaban J connectivity index is 2.26. The smallest absolute Gasteiger partial charge is 0.204 e. The summed E-state index contributed by atoms with van der Waals surface area (Å²) in [5.41, 5.74) is 0.690. The van der Waals surface area contributed by atoms with Gasteiger partial charge in [0.2, 0.25) is 5.43 Å². The van der Waals surface area contributed by atoms with Crippen LogP contribution in [0.25, 0.3) is 21.9 Å². The molecule has 0 aliphatic rings. The Kier molecular flexibility index (Phi) is 4.60. The van der Waals surface area contributed by atoms with Crippen LogP contribution in [-0.4, -0.2) is 20.8 Å². The molecule has 0 saturated carbocycles. The quantitative estimate of drug-likeness (QED) is 0.503. The third-order valence-electron chi connectivity index (χ3n) is 3.91. The van der Waals surface area contributed by atoms with E-state index in [2.05, 4.69) is 6.92 Å². The van der Waals surface area contributed by atoms with Crippen molar-refractivity contribution in [3.05, 3.63) is 40.6 Å². The van der Waals surface area contributed by atoms with Crippen LogP contribution in [0, 0.1) is 0 Å². The number of ether oxygens (including phenoxy) is 3. The van der Waals surface area contributed by atoms with Gasteiger partial charge in [0.1, 0.15) is 22.5 Å². The summed E-state index contributed by atoms with van der Waals surface area (Å²) >= 11 is 0. The zero-order valence-electron chi connectivity index (χ0n) is 14.0. The zero-order valence-corrected chi connectivity index (χ0v) is 14.0. The number of unbranched alkanes of at least 4 members (excludes halogenated alkanes) is 1. The van der Waals surface area contributed by atoms with Crippen LogP contribution in [0.15, 0.2) is 39.5 Å². The Hall–Kier alpha value is -2.69. The molecule has 0 aliphatic heterocycles. The molecule has 0 spiro atoms. The van der Waals surface area contributed by atoms with Gasteiger partial charge in [-0.15, -0.1) is 0 Å². The van der Waals surface area contributed by atoms with Gasteiger partial charge < -0.3 is 18.6 Å². The largest absolute Gasteiger partial charge is 0.496 e. The highest BCUT2D eigenvalue weighted by Crippen LogP contribution is 2.33. The Morgan fingerprint density at radius 2 is 1.88 bits per heavy atom. The van der Waals surface area contributed by atoms with Gasteiger partial charge >= 0.3 is 0 Å². The molecular formula is C19H20O5. The molecule has 126 valence electrons. The van der Waals surface area contributed by atoms with Crippen LogP contribution < -0.4 is 19.6 Å². The molecule has 1 heterocycles. The summed E-state index contributed by atoms with van der Waals surface area (Å²) in [6.45, 7) is 2.70. The minimum atomic E-state index is -0.151. The molecule has 24 heavy (non-hydrogen) atoms. The first-order chi connectivity index (χ1) is 11.7. The molecule has 3 aromatic rings. The average Bonchev–Trinajstić information content (AvgIpc) is 2.61. The van der Waals surface area contributed by atoms with E-state index >= 15 is 0 Å². The number of methoxy groups -OCH3 is 2. The summed E-state index contributed by atoms with van der Waals surface area (Å²) in [5.74, 6) is 1.57. The molecule has 0 N–H and O–H groups in total. The van der Waals surface area contributed by atoms with E-state index in [1.54, 1.807) is 37.4 Å². The van der Waals surface area contributed by atoms with Crippen molar-refractivity contribution in [3.63, 3.8) is 0 Å². The van der Waals surface area contributed by atoms with Gasteiger partial charge in [0.05, 0.1) is 26.2 Å². The summed E-state index contributed by atoms with van der Waals surface area (Å²) in [5, 5.41) is 0.862. The number of hydrogen-bond donors (Lipinski definition) is 0. The first kappa shape index (κ1) is 16.2. The van der Waals surface area contributed by atoms with Crippen LogP contribution in [0.5, 0.6) is 17.2 Å². The van der Waals surface area contributed by atoms with Crippen LogP contribution in [0.4, 0.5) is 0 Å². The third-order valence-corrected chi connectivity index (χ3v) is 3.91. The summed E-state index contributed by atoms with van der Waals surface area (Å²) in [4.78, 5) is 12.9. The van der Waals surface area contributed by atoms with Crippen molar-refractivity contribution in [2.45, 2.75) is 19.8 Å². The van der Waals surface area contributed by atoms with E-state index < -0.39 is 0 Å². The molecule has 5 nitrogen and oxygen atoms in total. The molecule has 0 saturated heterocycles. The molecule has 0 bridgehead atoms. The molecule has 0 fully saturated rings. The average molecular weight is 328 g/mol. The minimum Gasteiger partial charge on any atom is -0.496 e. The Bertz CT molecular complexity index is 926. The van der Waals surface area contributed by atoms with Crippen molar-refractivity contribution in [3.8, 4) is 17.2 Å². The molecule has 3 rings (SSSR count). The van der Waals surface area contributed by atoms with Gasteiger partial charge in [-0.05, 0) is 18.6 Å². The van der Waals surface area contributed by atoms with E-state index in [-0.39, 0.29) is 5.43 Å². The predicted molar refractivity (Wildman–Crippen MR) is 93.5 cm³/mol. The van der Waals surface area contributed by atoms with Gasteiger partial charge in [0.25, 0.3) is 0 Å². The van der Waals surface area contributed by atoms with Crippen LogP contribution in [0.1, 0.15) is 19.8 Å². The molecular weight excluding hydrogens is 308 g/mol. The van der Waals surface area contributed by atoms with Crippen molar-refractivity contribution in [1.82, 2.24) is 0 Å². The highest BCUT2D eigenvalue weighted by atomic mass is 16.5. The van der Waals surface area contributed by atoms with Gasteiger partial charge in [-0.2, -0.15) is 0 Å². The topological polar surface area (TPSA) is 57.9 Å². The molecule has 0 radical (unpaired) electrons. The highest BCUT2D eigenvalue weighted by Gasteiger charge is 2.16. The van der Waals surface area contributed by atoms with Crippen LogP contribution in [0.2, 0.25) is 0 Å². The van der Waals surface area contributed by atoms with Gasteiger partial charge in [0, 0.05) is 12.1 Å². The van der Waals surface area contributed by atoms with Crippen molar-refractivity contribution >= 4 is 21.9 Å². The maximum atomic E-state index is 12.9. The number of benzene rings is 2. The Morgan fingerprint density at radius 3 is 2.58 bits per heavy atom. The molecule has 1 aromatic heterocycles. The van der Waals surface area contributed by atoms with Crippen molar-refractivity contribution in [1.29, 1.82) is 0 Å². The van der Waals surface area contributed by atoms with Crippen LogP contribution in [0.3, 0.4) is 0 Å². The molecule has 5 heteroatoms. The fraction of sp³-hybridized carbons (Fsp3) is 0.316. The summed E-state index contributed by atoms with van der Waals surface area (Å²) in [7, 11) is 3.07. The van der Waals surface area contributed by atoms with E-state index in [0.29, 0.717) is 45.8 Å². The van der Waals surface area contributed by atoms with Crippen molar-refractivity contribution in [2.24, 2.45) is 0 Å². The lowest BCUT2D eigenvalue weighted by atomic mass is 10.1. The molecule has 2 aromatic carbocycles. The maximum Gasteiger partial charge on any atom is 0.204 e. The Labute approximate surface area is 139 Å². The standard InChI is InChI=1S/C19H20O5/c1-4-5-9-23-12-10-15(22-3)17-16(11-12)24-19-13(18(17)20)7-6-8-14(19)21-2/h6-8,10-11H,4-5,9H2,1-3H3. The monoisotopic (exact) mass is 328 g/mol. The first-order valence-corrected chi connectivity index (χ1v) is 7.94. The molecule has 0 unspecified atom stereocenters. The van der Waals surface area contributed by atoms with Crippen LogP contribution in [-0.2, 0) is 0 Å². The second-order valence-corrected chi connectivity index (χ2v) is 5.47. The van der Waals surface area contributed by atoms with Gasteiger partial charge in [0.15, 0.2) is 11.3 Å². The highest BCUT2D eigenvalue weighted by molar-refractivity contribution is 5.95. The molecule has 0 atom stereocenters. The van der Waals surface area contributed by atoms with E-state index in [9.17, 15) is 4.79 Å². The van der Waals surface area contributed by atoms with Crippen molar-refractivity contribution in [2.75, 3.05) is 20.8 Å². The molecule has 0 aliphatic carbocycles. The van der Waals surface area contributed by atoms with E-state index in [0.717, 1.165) is 12.8 Å². The normalized spacial score (nSPS) is 11.0. The second kappa shape index (κ2) is 6.83. The summed E-state index contributed by atoms with van der Waals surface area (Å²) in [6.07, 6.45) is 2.00. The van der Waals surface area contributed by atoms with Crippen LogP contribution >= 0.6 is 0 Å². The molecule has 0 amide bonds. The number of para-hydroxylation sites is 1. The fourth-order valence-corrected chi connectivity index (χ4v) is 2.65. The number of fused-ring (bicyclic) bond motifs is 2. The van der Waals surface area contributed by atoms with E-state index in [4.69, 9.17) is 18.6 Å². The van der Waals surface area contributed by atoms with E-state index in [1.807, 2.05) is 0 Å². The second-order valence-electron chi connectivity index (χ2n) is 5.47. The number of hydrogen-bond acceptors (Lipinski definition) is 5. The Morgan fingerprint density at radius 1 is 1.08 bits per heavy atom. The first-order valence-electron chi connectivity index (χ1n) is 7.94. The lowest BCUT2D eigenvalue weighted by Crippen LogP contribution is -2.05. The maximum absolute atomic E-state index is 12.9. The third kappa shape index (κ3) is 2.77. The summed E-state index contributed by atoms with van der Waals surface area (Å²) < 4.78 is 22.4. The minimum absolute atomic E-state index is 0.151. The summed E-state index contributed by atoms with van der Waals surface area (Å²) in [6, 6.07) is 8.69. The SMILES string of the molecule is CCCCOc1cc(OC)c2c(=O)c3cccc(OC)c3oc2c1. The van der Waals surface area contributed by atoms with Gasteiger partial charge in [-0.25, -0.2) is 0 Å². The van der Waals surface area contributed by atoms with E-state index in [1.165, 1.54) is 7.11 Å². The lowest BCUT2D eigenvalue weighted by Gasteiger charge is -2.11. The predicted octanol–water partition coefficient (Wildman–Crippen LogP) is 4.14. The van der Waals surface area contributed by atoms with Crippen molar-refractivity contribution < 1.29 is 18.6 Å². The lowest BCUT2D eigenvalue weighted by molar-refractivity contribution is 0.307.